The molecule has 1 aromatic heterocycles. The van der Waals surface area contributed by atoms with Crippen molar-refractivity contribution in [2.75, 3.05) is 20.1 Å². The average Bonchev–Trinajstić information content (AvgIpc) is 2.86. The van der Waals surface area contributed by atoms with Gasteiger partial charge in [-0.3, -0.25) is 0 Å². The van der Waals surface area contributed by atoms with Crippen LogP contribution in [0.15, 0.2) is 24.3 Å². The second kappa shape index (κ2) is 3.63. The number of nitrogens with one attached hydrogen (secondary N) is 1. The van der Waals surface area contributed by atoms with Crippen LogP contribution in [-0.2, 0) is 0 Å². The van der Waals surface area contributed by atoms with Gasteiger partial charge in [0.15, 0.2) is 0 Å². The van der Waals surface area contributed by atoms with E-state index in [2.05, 4.69) is 55.0 Å². The van der Waals surface area contributed by atoms with Gasteiger partial charge in [0.25, 0.3) is 0 Å². The van der Waals surface area contributed by atoms with Gasteiger partial charge in [-0.2, -0.15) is 0 Å². The summed E-state index contributed by atoms with van der Waals surface area (Å²) < 4.78 is 0. The molecule has 1 fully saturated rings. The number of likely N-dealkylation sites (N-methyl/N-ethyl adjacent to an activating group) is 1. The molecule has 0 radical (unpaired) electrons. The third-order valence-corrected chi connectivity index (χ3v) is 5.36. The summed E-state index contributed by atoms with van der Waals surface area (Å²) in [6.45, 7) is 7.31. The van der Waals surface area contributed by atoms with E-state index in [1.165, 1.54) is 36.1 Å². The minimum absolute atomic E-state index is 0.451. The third kappa shape index (κ3) is 1.47. The molecular formula is C17H22N2. The summed E-state index contributed by atoms with van der Waals surface area (Å²) in [5.74, 6) is 1.34. The number of likely N-dealkylation sites (tertiary alicyclic amines) is 1. The van der Waals surface area contributed by atoms with Crippen molar-refractivity contribution in [2.24, 2.45) is 5.41 Å². The fourth-order valence-corrected chi connectivity index (χ4v) is 4.72. The Morgan fingerprint density at radius 3 is 2.95 bits per heavy atom. The van der Waals surface area contributed by atoms with E-state index in [4.69, 9.17) is 0 Å². The molecule has 1 aromatic carbocycles. The minimum Gasteiger partial charge on any atom is -0.358 e. The molecule has 2 aromatic rings. The van der Waals surface area contributed by atoms with Crippen molar-refractivity contribution in [3.63, 3.8) is 0 Å². The van der Waals surface area contributed by atoms with Crippen LogP contribution < -0.4 is 0 Å². The summed E-state index contributed by atoms with van der Waals surface area (Å²) in [6.07, 6.45) is 1.31. The number of hydrogen-bond donors (Lipinski definition) is 1. The largest absolute Gasteiger partial charge is 0.358 e. The number of benzene rings is 1. The number of H-pyrrole nitrogens is 1. The molecule has 100 valence electrons. The fourth-order valence-electron chi connectivity index (χ4n) is 4.72. The van der Waals surface area contributed by atoms with E-state index in [9.17, 15) is 0 Å². The van der Waals surface area contributed by atoms with E-state index in [0.29, 0.717) is 17.3 Å². The Kier molecular flexibility index (Phi) is 2.21. The van der Waals surface area contributed by atoms with Crippen LogP contribution in [0.1, 0.15) is 43.4 Å². The number of hydrogen-bond acceptors (Lipinski definition) is 1. The highest BCUT2D eigenvalue weighted by molar-refractivity contribution is 5.86. The molecule has 19 heavy (non-hydrogen) atoms. The van der Waals surface area contributed by atoms with Crippen LogP contribution in [0, 0.1) is 5.41 Å². The summed E-state index contributed by atoms with van der Waals surface area (Å²) >= 11 is 0. The summed E-state index contributed by atoms with van der Waals surface area (Å²) in [6, 6.07) is 8.82. The molecular weight excluding hydrogens is 232 g/mol. The maximum absolute atomic E-state index is 3.69. The van der Waals surface area contributed by atoms with E-state index < -0.39 is 0 Å². The van der Waals surface area contributed by atoms with E-state index in [1.807, 2.05) is 0 Å². The Hall–Kier alpha value is -1.28. The maximum atomic E-state index is 3.69. The molecule has 4 rings (SSSR count). The predicted molar refractivity (Wildman–Crippen MR) is 79.7 cm³/mol. The first-order chi connectivity index (χ1) is 9.08. The van der Waals surface area contributed by atoms with E-state index in [-0.39, 0.29) is 0 Å². The topological polar surface area (TPSA) is 19.0 Å². The van der Waals surface area contributed by atoms with Crippen molar-refractivity contribution in [1.82, 2.24) is 9.88 Å². The number of aromatic nitrogens is 1. The van der Waals surface area contributed by atoms with Gasteiger partial charge in [-0.15, -0.1) is 0 Å². The Balaban J connectivity index is 1.99. The number of aromatic amines is 1. The molecule has 1 aliphatic carbocycles. The molecule has 0 unspecified atom stereocenters. The zero-order chi connectivity index (χ0) is 13.2. The van der Waals surface area contributed by atoms with E-state index in [0.717, 1.165) is 0 Å². The van der Waals surface area contributed by atoms with E-state index >= 15 is 0 Å². The Labute approximate surface area is 114 Å². The molecule has 3 atom stereocenters. The summed E-state index contributed by atoms with van der Waals surface area (Å²) in [4.78, 5) is 6.20. The van der Waals surface area contributed by atoms with Crippen LogP contribution in [0.3, 0.4) is 0 Å². The van der Waals surface area contributed by atoms with Crippen LogP contribution in [0.5, 0.6) is 0 Å². The Bertz CT molecular complexity index is 642. The van der Waals surface area contributed by atoms with Gasteiger partial charge >= 0.3 is 0 Å². The van der Waals surface area contributed by atoms with Crippen LogP contribution in [0.25, 0.3) is 10.9 Å². The first-order valence-electron chi connectivity index (χ1n) is 7.37. The van der Waals surface area contributed by atoms with Crippen LogP contribution >= 0.6 is 0 Å². The monoisotopic (exact) mass is 254 g/mol. The van der Waals surface area contributed by atoms with Gasteiger partial charge in [0, 0.05) is 35.6 Å². The molecule has 2 nitrogen and oxygen atoms in total. The number of rotatable bonds is 0. The lowest BCUT2D eigenvalue weighted by atomic mass is 9.65. The van der Waals surface area contributed by atoms with E-state index in [1.54, 1.807) is 5.56 Å². The quantitative estimate of drug-likeness (QED) is 0.759. The van der Waals surface area contributed by atoms with Gasteiger partial charge in [-0.1, -0.05) is 32.0 Å². The van der Waals surface area contributed by atoms with Crippen LogP contribution in [0.2, 0.25) is 0 Å². The van der Waals surface area contributed by atoms with Crippen LogP contribution in [0.4, 0.5) is 0 Å². The zero-order valence-corrected chi connectivity index (χ0v) is 12.0. The molecule has 1 saturated heterocycles. The zero-order valence-electron chi connectivity index (χ0n) is 12.0. The lowest BCUT2D eigenvalue weighted by Gasteiger charge is -2.38. The van der Waals surface area contributed by atoms with Gasteiger partial charge in [-0.05, 0) is 36.4 Å². The number of nitrogens with zero attached hydrogens (tertiary/aromatic N) is 1. The molecule has 0 amide bonds. The second-order valence-electron chi connectivity index (χ2n) is 7.01. The van der Waals surface area contributed by atoms with Crippen LogP contribution in [-0.4, -0.2) is 30.0 Å². The van der Waals surface area contributed by atoms with Crippen molar-refractivity contribution < 1.29 is 0 Å². The highest BCUT2D eigenvalue weighted by atomic mass is 15.1. The average molecular weight is 254 g/mol. The predicted octanol–water partition coefficient (Wildman–Crippen LogP) is 3.71. The molecule has 1 N–H and O–H groups in total. The van der Waals surface area contributed by atoms with Crippen molar-refractivity contribution in [2.45, 2.75) is 32.1 Å². The van der Waals surface area contributed by atoms with Gasteiger partial charge in [0.05, 0.1) is 0 Å². The second-order valence-corrected chi connectivity index (χ2v) is 7.01. The first kappa shape index (κ1) is 11.5. The summed E-state index contributed by atoms with van der Waals surface area (Å²) in [5.41, 5.74) is 4.88. The van der Waals surface area contributed by atoms with Crippen molar-refractivity contribution in [3.8, 4) is 0 Å². The first-order valence-corrected chi connectivity index (χ1v) is 7.37. The molecule has 0 saturated carbocycles. The third-order valence-electron chi connectivity index (χ3n) is 5.36. The lowest BCUT2D eigenvalue weighted by molar-refractivity contribution is 0.238. The number of para-hydroxylation sites is 1. The molecule has 0 bridgehead atoms. The Morgan fingerprint density at radius 2 is 2.11 bits per heavy atom. The van der Waals surface area contributed by atoms with Gasteiger partial charge in [0.1, 0.15) is 0 Å². The normalized spacial score (nSPS) is 34.5. The highest BCUT2D eigenvalue weighted by Gasteiger charge is 2.48. The summed E-state index contributed by atoms with van der Waals surface area (Å²) in [5, 5.41) is 1.45. The molecule has 2 heteroatoms. The van der Waals surface area contributed by atoms with Gasteiger partial charge in [0.2, 0.25) is 0 Å². The fraction of sp³-hybridized carbons (Fsp3) is 0.529. The highest BCUT2D eigenvalue weighted by Crippen LogP contribution is 2.55. The van der Waals surface area contributed by atoms with Crippen molar-refractivity contribution >= 4 is 10.9 Å². The SMILES string of the molecule is C[C@@H]1C[C@@]2(C)CN(C)C[C@H]2c2c1[nH]c1ccccc21. The Morgan fingerprint density at radius 1 is 1.32 bits per heavy atom. The summed E-state index contributed by atoms with van der Waals surface area (Å²) in [7, 11) is 2.27. The van der Waals surface area contributed by atoms with Gasteiger partial charge < -0.3 is 9.88 Å². The van der Waals surface area contributed by atoms with Crippen molar-refractivity contribution in [1.29, 1.82) is 0 Å². The van der Waals surface area contributed by atoms with Gasteiger partial charge in [-0.25, -0.2) is 0 Å². The number of fused-ring (bicyclic) bond motifs is 5. The molecule has 1 aliphatic heterocycles. The molecule has 2 heterocycles. The minimum atomic E-state index is 0.451. The smallest absolute Gasteiger partial charge is 0.0459 e. The maximum Gasteiger partial charge on any atom is 0.0459 e. The molecule has 2 aliphatic rings. The molecule has 0 spiro atoms. The van der Waals surface area contributed by atoms with Crippen molar-refractivity contribution in [3.05, 3.63) is 35.5 Å². The standard InChI is InChI=1S/C17H22N2/c1-11-8-17(2)10-19(3)9-13(17)15-12-6-4-5-7-14(12)18-16(11)15/h4-7,11,13,18H,8-10H2,1-3H3/t11-,13+,17+/m1/s1. The lowest BCUT2D eigenvalue weighted by Crippen LogP contribution is -2.31.